The second kappa shape index (κ2) is 8.62. The van der Waals surface area contributed by atoms with Crippen LogP contribution < -0.4 is 21.3 Å². The van der Waals surface area contributed by atoms with E-state index in [0.717, 1.165) is 30.2 Å². The zero-order chi connectivity index (χ0) is 20.2. The van der Waals surface area contributed by atoms with Crippen LogP contribution in [0.1, 0.15) is 6.42 Å². The average molecular weight is 412 g/mol. The van der Waals surface area contributed by atoms with Crippen LogP contribution in [0, 0.1) is 5.82 Å². The zero-order valence-electron chi connectivity index (χ0n) is 16.0. The highest BCUT2D eigenvalue weighted by molar-refractivity contribution is 7.99. The smallest absolute Gasteiger partial charge is 0.223 e. The number of hydrogen-bond donors (Lipinski definition) is 3. The van der Waals surface area contributed by atoms with Gasteiger partial charge in [0.15, 0.2) is 0 Å². The molecule has 1 fully saturated rings. The number of nitrogens with two attached hydrogens (primary N) is 1. The second-order valence-electron chi connectivity index (χ2n) is 6.75. The Morgan fingerprint density at radius 1 is 1.17 bits per heavy atom. The molecule has 0 amide bonds. The van der Waals surface area contributed by atoms with Crippen molar-refractivity contribution in [3.63, 3.8) is 0 Å². The van der Waals surface area contributed by atoms with Crippen molar-refractivity contribution in [1.82, 2.24) is 20.3 Å². The van der Waals surface area contributed by atoms with Gasteiger partial charge in [-0.1, -0.05) is 11.8 Å². The molecule has 7 nitrogen and oxygen atoms in total. The lowest BCUT2D eigenvalue weighted by Gasteiger charge is -2.18. The van der Waals surface area contributed by atoms with Crippen molar-refractivity contribution >= 4 is 35.0 Å². The summed E-state index contributed by atoms with van der Waals surface area (Å²) in [5.41, 5.74) is 6.50. The number of likely N-dealkylation sites (N-methyl/N-ethyl adjacent to an activating group) is 1. The van der Waals surface area contributed by atoms with Crippen molar-refractivity contribution in [2.45, 2.75) is 22.3 Å². The van der Waals surface area contributed by atoms with Gasteiger partial charge in [0.2, 0.25) is 5.95 Å². The van der Waals surface area contributed by atoms with Crippen molar-refractivity contribution in [2.75, 3.05) is 36.1 Å². The van der Waals surface area contributed by atoms with Crippen LogP contribution in [-0.4, -0.2) is 41.1 Å². The maximum Gasteiger partial charge on any atom is 0.223 e. The van der Waals surface area contributed by atoms with Crippen LogP contribution in [-0.2, 0) is 0 Å². The molecular weight excluding hydrogens is 389 g/mol. The Morgan fingerprint density at radius 3 is 2.72 bits per heavy atom. The fourth-order valence-electron chi connectivity index (χ4n) is 3.23. The van der Waals surface area contributed by atoms with E-state index in [1.165, 1.54) is 17.8 Å². The van der Waals surface area contributed by atoms with Crippen molar-refractivity contribution in [3.8, 4) is 0 Å². The van der Waals surface area contributed by atoms with E-state index in [1.807, 2.05) is 31.3 Å². The number of anilines is 4. The van der Waals surface area contributed by atoms with Gasteiger partial charge in [-0.15, -0.1) is 0 Å². The molecule has 1 aliphatic rings. The summed E-state index contributed by atoms with van der Waals surface area (Å²) in [5.74, 6) is 1.18. The third-order valence-corrected chi connectivity index (χ3v) is 5.79. The van der Waals surface area contributed by atoms with Crippen LogP contribution in [0.3, 0.4) is 0 Å². The van der Waals surface area contributed by atoms with Crippen LogP contribution in [0.4, 0.5) is 27.7 Å². The number of rotatable bonds is 6. The molecule has 150 valence electrons. The topological polar surface area (TPSA) is 92.0 Å². The molecule has 0 spiro atoms. The van der Waals surface area contributed by atoms with Gasteiger partial charge in [-0.2, -0.15) is 9.97 Å². The third-order valence-electron chi connectivity index (χ3n) is 4.73. The number of hydrogen-bond acceptors (Lipinski definition) is 8. The normalized spacial score (nSPS) is 16.2. The van der Waals surface area contributed by atoms with Crippen LogP contribution in [0.5, 0.6) is 0 Å². The molecule has 1 unspecified atom stereocenters. The van der Waals surface area contributed by atoms with Crippen molar-refractivity contribution in [2.24, 2.45) is 0 Å². The lowest BCUT2D eigenvalue weighted by molar-refractivity contribution is 0.602. The van der Waals surface area contributed by atoms with Gasteiger partial charge in [-0.05, 0) is 43.8 Å². The summed E-state index contributed by atoms with van der Waals surface area (Å²) in [6, 6.07) is 11.0. The van der Waals surface area contributed by atoms with Crippen LogP contribution in [0.25, 0.3) is 0 Å². The Kier molecular flexibility index (Phi) is 5.77. The Bertz CT molecular complexity index is 986. The number of halogens is 1. The first-order chi connectivity index (χ1) is 14.1. The average Bonchev–Trinajstić information content (AvgIpc) is 3.20. The Hall–Kier alpha value is -2.91. The quantitative estimate of drug-likeness (QED) is 0.569. The fraction of sp³-hybridized carbons (Fsp3) is 0.250. The maximum atomic E-state index is 14.6. The Labute approximate surface area is 173 Å². The van der Waals surface area contributed by atoms with Gasteiger partial charge >= 0.3 is 0 Å². The largest absolute Gasteiger partial charge is 0.368 e. The van der Waals surface area contributed by atoms with E-state index in [1.54, 1.807) is 18.5 Å². The van der Waals surface area contributed by atoms with Crippen molar-refractivity contribution in [1.29, 1.82) is 0 Å². The summed E-state index contributed by atoms with van der Waals surface area (Å²) in [5, 5.41) is 6.42. The van der Waals surface area contributed by atoms with E-state index in [4.69, 9.17) is 5.73 Å². The monoisotopic (exact) mass is 411 g/mol. The molecule has 0 radical (unpaired) electrons. The summed E-state index contributed by atoms with van der Waals surface area (Å²) in [6.45, 7) is 1.76. The number of nitrogen functional groups attached to an aromatic ring is 1. The van der Waals surface area contributed by atoms with Gasteiger partial charge in [0.1, 0.15) is 17.5 Å². The van der Waals surface area contributed by atoms with Crippen LogP contribution >= 0.6 is 11.8 Å². The van der Waals surface area contributed by atoms with Crippen molar-refractivity contribution < 1.29 is 4.39 Å². The molecular formula is C20H22FN7S. The number of benzene rings is 1. The zero-order valence-corrected chi connectivity index (χ0v) is 16.8. The van der Waals surface area contributed by atoms with E-state index in [0.29, 0.717) is 22.4 Å². The van der Waals surface area contributed by atoms with E-state index in [9.17, 15) is 4.39 Å². The van der Waals surface area contributed by atoms with Gasteiger partial charge in [0.05, 0.1) is 0 Å². The van der Waals surface area contributed by atoms with Crippen LogP contribution in [0.15, 0.2) is 58.6 Å². The predicted octanol–water partition coefficient (Wildman–Crippen LogP) is 3.29. The number of nitrogens with one attached hydrogen (secondary N) is 2. The minimum atomic E-state index is -0.310. The van der Waals surface area contributed by atoms with E-state index >= 15 is 0 Å². The van der Waals surface area contributed by atoms with Gasteiger partial charge in [0, 0.05) is 53.1 Å². The lowest BCUT2D eigenvalue weighted by atomic mass is 10.3. The molecule has 1 aromatic carbocycles. The molecule has 1 atom stereocenters. The van der Waals surface area contributed by atoms with Gasteiger partial charge in [0.25, 0.3) is 0 Å². The molecule has 9 heteroatoms. The minimum Gasteiger partial charge on any atom is -0.368 e. The summed E-state index contributed by atoms with van der Waals surface area (Å²) in [7, 11) is 1.96. The summed E-state index contributed by atoms with van der Waals surface area (Å²) < 4.78 is 14.6. The molecule has 3 aromatic rings. The van der Waals surface area contributed by atoms with Gasteiger partial charge in [-0.3, -0.25) is 4.98 Å². The standard InChI is InChI=1S/C20H22FN7S/c1-23-14-6-9-28(12-14)19-11-18(26-20(22)27-19)25-13-2-3-17(16(21)10-13)29-15-4-7-24-8-5-15/h2-5,7-8,10-11,14,23H,6,9,12H2,1H3,(H3,22,25,26,27). The highest BCUT2D eigenvalue weighted by atomic mass is 32.2. The third kappa shape index (κ3) is 4.75. The fourth-order valence-corrected chi connectivity index (χ4v) is 4.03. The summed E-state index contributed by atoms with van der Waals surface area (Å²) in [4.78, 5) is 16.2. The maximum absolute atomic E-state index is 14.6. The van der Waals surface area contributed by atoms with Gasteiger partial charge < -0.3 is 21.3 Å². The summed E-state index contributed by atoms with van der Waals surface area (Å²) >= 11 is 1.35. The number of pyridine rings is 1. The van der Waals surface area contributed by atoms with Crippen LogP contribution in [0.2, 0.25) is 0 Å². The minimum absolute atomic E-state index is 0.184. The summed E-state index contributed by atoms with van der Waals surface area (Å²) in [6.07, 6.45) is 4.42. The number of aromatic nitrogens is 3. The molecule has 4 rings (SSSR count). The first-order valence-electron chi connectivity index (χ1n) is 9.32. The molecule has 0 aliphatic carbocycles. The lowest BCUT2D eigenvalue weighted by Crippen LogP contribution is -2.30. The van der Waals surface area contributed by atoms with E-state index in [2.05, 4.69) is 30.5 Å². The Balaban J connectivity index is 1.50. The molecule has 2 aromatic heterocycles. The first-order valence-corrected chi connectivity index (χ1v) is 10.1. The number of nitrogens with zero attached hydrogens (tertiary/aromatic N) is 4. The Morgan fingerprint density at radius 2 is 2.00 bits per heavy atom. The molecule has 29 heavy (non-hydrogen) atoms. The molecule has 0 bridgehead atoms. The predicted molar refractivity (Wildman–Crippen MR) is 114 cm³/mol. The molecule has 3 heterocycles. The van der Waals surface area contributed by atoms with Crippen molar-refractivity contribution in [3.05, 3.63) is 54.6 Å². The molecule has 0 saturated carbocycles. The first kappa shape index (κ1) is 19.4. The highest BCUT2D eigenvalue weighted by Gasteiger charge is 2.22. The van der Waals surface area contributed by atoms with E-state index in [-0.39, 0.29) is 11.8 Å². The molecule has 1 aliphatic heterocycles. The van der Waals surface area contributed by atoms with E-state index < -0.39 is 0 Å². The molecule has 4 N–H and O–H groups in total. The SMILES string of the molecule is CNC1CCN(c2cc(Nc3ccc(Sc4ccncc4)c(F)c3)nc(N)n2)C1. The highest BCUT2D eigenvalue weighted by Crippen LogP contribution is 2.31. The molecule has 1 saturated heterocycles. The van der Waals surface area contributed by atoms with Gasteiger partial charge in [-0.25, -0.2) is 4.39 Å². The second-order valence-corrected chi connectivity index (χ2v) is 7.86.